The van der Waals surface area contributed by atoms with Gasteiger partial charge in [-0.1, -0.05) is 39.8 Å². The first kappa shape index (κ1) is 33.2. The maximum Gasteiger partial charge on any atom is 0.514 e. The summed E-state index contributed by atoms with van der Waals surface area (Å²) in [7, 11) is -23.3. The van der Waals surface area contributed by atoms with E-state index in [1.165, 1.54) is 0 Å². The molecule has 0 bridgehead atoms. The number of nitrogens with zero attached hydrogens (tertiary/aromatic N) is 1. The minimum absolute atomic E-state index is 0.248. The van der Waals surface area contributed by atoms with Crippen LogP contribution >= 0.6 is 0 Å². The summed E-state index contributed by atoms with van der Waals surface area (Å²) in [6.45, 7) is 7.07. The fourth-order valence-electron chi connectivity index (χ4n) is 2.30. The van der Waals surface area contributed by atoms with Gasteiger partial charge in [-0.2, -0.15) is 56.3 Å². The Hall–Kier alpha value is -1.84. The largest absolute Gasteiger partial charge is 0.514 e. The van der Waals surface area contributed by atoms with Crippen LogP contribution in [-0.4, -0.2) is 56.3 Å². The van der Waals surface area contributed by atoms with Crippen LogP contribution in [0.5, 0.6) is 5.75 Å². The Morgan fingerprint density at radius 2 is 1.16 bits per heavy atom. The molecule has 0 heterocycles. The SMILES string of the molecule is CC(c1ccc(OS(=O)(=O)C(F)(F)C(F)(F)C(F)(F)S(=O)(=O)N(O)S(=O)(=O)C(F)(F)F)cc1)C(C)(C)C. The maximum absolute atomic E-state index is 14.2. The van der Waals surface area contributed by atoms with Crippen molar-refractivity contribution in [2.24, 2.45) is 5.41 Å². The zero-order valence-electron chi connectivity index (χ0n) is 18.8. The van der Waals surface area contributed by atoms with Crippen molar-refractivity contribution in [3.8, 4) is 5.75 Å². The molecule has 216 valence electrons. The molecule has 1 atom stereocenters. The summed E-state index contributed by atoms with van der Waals surface area (Å²) < 4.78 is 190. The van der Waals surface area contributed by atoms with E-state index in [1.54, 1.807) is 27.7 Å². The molecule has 0 aromatic heterocycles. The van der Waals surface area contributed by atoms with Crippen LogP contribution in [0.3, 0.4) is 0 Å². The minimum Gasteiger partial charge on any atom is -0.378 e. The Morgan fingerprint density at radius 1 is 0.757 bits per heavy atom. The second-order valence-electron chi connectivity index (χ2n) is 8.44. The van der Waals surface area contributed by atoms with E-state index in [4.69, 9.17) is 5.21 Å². The Bertz CT molecular complexity index is 1320. The van der Waals surface area contributed by atoms with Crippen molar-refractivity contribution in [1.82, 2.24) is 3.87 Å². The molecule has 0 aliphatic heterocycles. The van der Waals surface area contributed by atoms with Crippen molar-refractivity contribution in [3.63, 3.8) is 0 Å². The molecule has 0 aliphatic carbocycles. The molecule has 0 radical (unpaired) electrons. The highest BCUT2D eigenvalue weighted by molar-refractivity contribution is 8.04. The molecule has 1 unspecified atom stereocenters. The van der Waals surface area contributed by atoms with E-state index in [-0.39, 0.29) is 11.3 Å². The van der Waals surface area contributed by atoms with Crippen LogP contribution < -0.4 is 4.18 Å². The smallest absolute Gasteiger partial charge is 0.378 e. The molecule has 0 saturated heterocycles. The molecule has 1 rings (SSSR count). The molecule has 21 heteroatoms. The lowest BCUT2D eigenvalue weighted by atomic mass is 9.78. The van der Waals surface area contributed by atoms with Crippen molar-refractivity contribution >= 4 is 30.2 Å². The standard InChI is InChI=1S/C16H18F9NO8S3/c1-9(12(2,3)4)10-5-7-11(8-6-10)34-37(32,33)15(21,22)13(17,18)14(19,20)35(28,29)26(27)36(30,31)16(23,24)25/h5-9,27H,1-4H3. The van der Waals surface area contributed by atoms with Crippen LogP contribution in [0.1, 0.15) is 39.2 Å². The minimum atomic E-state index is -8.28. The fourth-order valence-corrected chi connectivity index (χ4v) is 5.66. The summed E-state index contributed by atoms with van der Waals surface area (Å²) in [5.41, 5.74) is -6.81. The number of halogens is 9. The van der Waals surface area contributed by atoms with E-state index < -0.39 is 61.7 Å². The number of rotatable bonds is 9. The molecular formula is C16H18F9NO8S3. The highest BCUT2D eigenvalue weighted by Gasteiger charge is 2.84. The number of sulfonamides is 2. The van der Waals surface area contributed by atoms with E-state index >= 15 is 0 Å². The third kappa shape index (κ3) is 5.50. The zero-order valence-corrected chi connectivity index (χ0v) is 21.2. The molecule has 37 heavy (non-hydrogen) atoms. The molecule has 9 nitrogen and oxygen atoms in total. The Labute approximate surface area is 205 Å². The van der Waals surface area contributed by atoms with E-state index in [1.807, 2.05) is 0 Å². The van der Waals surface area contributed by atoms with Gasteiger partial charge in [0.05, 0.1) is 0 Å². The highest BCUT2D eigenvalue weighted by Crippen LogP contribution is 2.52. The first-order valence-corrected chi connectivity index (χ1v) is 13.5. The quantitative estimate of drug-likeness (QED) is 0.247. The second-order valence-corrected chi connectivity index (χ2v) is 13.8. The van der Waals surface area contributed by atoms with Crippen LogP contribution in [0.2, 0.25) is 0 Å². The molecule has 0 spiro atoms. The summed E-state index contributed by atoms with van der Waals surface area (Å²) in [4.78, 5) is 0. The topological polar surface area (TPSA) is 135 Å². The van der Waals surface area contributed by atoms with E-state index in [2.05, 4.69) is 4.18 Å². The van der Waals surface area contributed by atoms with Gasteiger partial charge in [-0.3, -0.25) is 5.21 Å². The van der Waals surface area contributed by atoms with E-state index in [9.17, 15) is 64.8 Å². The monoisotopic (exact) mass is 619 g/mol. The van der Waals surface area contributed by atoms with Crippen molar-refractivity contribution in [1.29, 1.82) is 0 Å². The average Bonchev–Trinajstić information content (AvgIpc) is 2.70. The van der Waals surface area contributed by atoms with Crippen LogP contribution in [0.25, 0.3) is 0 Å². The van der Waals surface area contributed by atoms with Crippen molar-refractivity contribution in [3.05, 3.63) is 29.8 Å². The predicted molar refractivity (Wildman–Crippen MR) is 106 cm³/mol. The van der Waals surface area contributed by atoms with Gasteiger partial charge in [-0.25, -0.2) is 8.42 Å². The van der Waals surface area contributed by atoms with Crippen LogP contribution in [-0.2, 0) is 30.2 Å². The Morgan fingerprint density at radius 3 is 1.51 bits per heavy atom. The first-order chi connectivity index (χ1) is 16.0. The van der Waals surface area contributed by atoms with E-state index in [0.29, 0.717) is 17.7 Å². The molecule has 0 aliphatic rings. The fraction of sp³-hybridized carbons (Fsp3) is 0.625. The number of hydrogen-bond acceptors (Lipinski definition) is 8. The average molecular weight is 620 g/mol. The molecular weight excluding hydrogens is 601 g/mol. The van der Waals surface area contributed by atoms with Gasteiger partial charge in [0.25, 0.3) is 0 Å². The van der Waals surface area contributed by atoms with Gasteiger partial charge < -0.3 is 4.18 Å². The van der Waals surface area contributed by atoms with E-state index in [0.717, 1.165) is 12.1 Å². The molecule has 0 saturated carbocycles. The molecule has 1 aromatic rings. The summed E-state index contributed by atoms with van der Waals surface area (Å²) >= 11 is 0. The lowest BCUT2D eigenvalue weighted by Gasteiger charge is -2.32. The van der Waals surface area contributed by atoms with Gasteiger partial charge in [-0.15, -0.1) is 0 Å². The highest BCUT2D eigenvalue weighted by atomic mass is 32.3. The Kier molecular flexibility index (Phi) is 8.45. The summed E-state index contributed by atoms with van der Waals surface area (Å²) in [5.74, 6) is -9.10. The maximum atomic E-state index is 14.2. The first-order valence-electron chi connectivity index (χ1n) is 9.23. The number of benzene rings is 1. The lowest BCUT2D eigenvalue weighted by Crippen LogP contribution is -2.64. The van der Waals surface area contributed by atoms with Crippen LogP contribution in [0.4, 0.5) is 39.5 Å². The molecule has 1 aromatic carbocycles. The predicted octanol–water partition coefficient (Wildman–Crippen LogP) is 4.24. The molecule has 1 N–H and O–H groups in total. The van der Waals surface area contributed by atoms with Crippen molar-refractivity contribution in [2.45, 2.75) is 55.6 Å². The Balaban J connectivity index is 3.49. The summed E-state index contributed by atoms with van der Waals surface area (Å²) in [6, 6.07) is 3.51. The molecule has 0 fully saturated rings. The zero-order chi connectivity index (χ0) is 29.8. The third-order valence-electron chi connectivity index (χ3n) is 4.96. The van der Waals surface area contributed by atoms with Gasteiger partial charge in [-0.05, 0) is 29.0 Å². The number of alkyl halides is 9. The van der Waals surface area contributed by atoms with Gasteiger partial charge in [0.15, 0.2) is 0 Å². The number of hydrogen-bond donors (Lipinski definition) is 1. The lowest BCUT2D eigenvalue weighted by molar-refractivity contribution is -0.247. The van der Waals surface area contributed by atoms with Gasteiger partial charge in [0.1, 0.15) is 5.75 Å². The summed E-state index contributed by atoms with van der Waals surface area (Å²) in [6.07, 6.45) is 0. The third-order valence-corrected chi connectivity index (χ3v) is 9.74. The molecule has 0 amide bonds. The van der Waals surface area contributed by atoms with Gasteiger partial charge in [0.2, 0.25) is 0 Å². The van der Waals surface area contributed by atoms with Crippen LogP contribution in [0.15, 0.2) is 24.3 Å². The van der Waals surface area contributed by atoms with Crippen LogP contribution in [0, 0.1) is 5.41 Å². The van der Waals surface area contributed by atoms with Crippen molar-refractivity contribution in [2.75, 3.05) is 0 Å². The normalized spacial score (nSPS) is 16.1. The van der Waals surface area contributed by atoms with Gasteiger partial charge in [0, 0.05) is 3.87 Å². The second kappa shape index (κ2) is 9.42. The summed E-state index contributed by atoms with van der Waals surface area (Å²) in [5, 5.41) is -6.22. The van der Waals surface area contributed by atoms with Crippen molar-refractivity contribution < 1.29 is 74.2 Å². The van der Waals surface area contributed by atoms with Gasteiger partial charge >= 0.3 is 52.1 Å².